The molecule has 0 fully saturated rings. The number of hydrogen-bond acceptors (Lipinski definition) is 4. The zero-order valence-electron chi connectivity index (χ0n) is 10.7. The predicted molar refractivity (Wildman–Crippen MR) is 76.4 cm³/mol. The van der Waals surface area contributed by atoms with Gasteiger partial charge in [0, 0.05) is 29.2 Å². The van der Waals surface area contributed by atoms with Crippen molar-refractivity contribution >= 4 is 11.8 Å². The Morgan fingerprint density at radius 1 is 1.32 bits per heavy atom. The normalized spacial score (nSPS) is 10.6. The van der Waals surface area contributed by atoms with Gasteiger partial charge in [-0.05, 0) is 19.1 Å². The van der Waals surface area contributed by atoms with E-state index in [-0.39, 0.29) is 12.2 Å². The molecule has 5 heteroatoms. The molecule has 19 heavy (non-hydrogen) atoms. The summed E-state index contributed by atoms with van der Waals surface area (Å²) in [7, 11) is 0. The van der Waals surface area contributed by atoms with E-state index < -0.39 is 0 Å². The predicted octanol–water partition coefficient (Wildman–Crippen LogP) is 1.91. The molecule has 100 valence electrons. The fourth-order valence-electron chi connectivity index (χ4n) is 1.81. The molecule has 0 aliphatic heterocycles. The van der Waals surface area contributed by atoms with Crippen LogP contribution >= 0.6 is 11.8 Å². The second-order valence-electron chi connectivity index (χ2n) is 4.15. The van der Waals surface area contributed by atoms with Crippen LogP contribution in [-0.2, 0) is 12.2 Å². The van der Waals surface area contributed by atoms with Crippen LogP contribution in [0.1, 0.15) is 17.1 Å². The molecule has 0 aliphatic carbocycles. The van der Waals surface area contributed by atoms with Crippen molar-refractivity contribution in [2.24, 2.45) is 0 Å². The lowest BCUT2D eigenvalue weighted by molar-refractivity contribution is 0.298. The molecule has 2 N–H and O–H groups in total. The Labute approximate surface area is 115 Å². The maximum atomic E-state index is 11.8. The third-order valence-corrected chi connectivity index (χ3v) is 3.78. The quantitative estimate of drug-likeness (QED) is 0.819. The lowest BCUT2D eigenvalue weighted by Gasteiger charge is -2.06. The smallest absolute Gasteiger partial charge is 0.254 e. The average molecular weight is 276 g/mol. The standard InChI is InChI=1S/C14H16N2O2S/c1-10-12(7-8-17)14(18)16-13(15-10)9-19-11-5-3-2-4-6-11/h2-6,17H,7-9H2,1H3,(H,15,16,18). The van der Waals surface area contributed by atoms with Gasteiger partial charge in [0.05, 0.1) is 5.75 Å². The highest BCUT2D eigenvalue weighted by Gasteiger charge is 2.07. The number of nitrogens with one attached hydrogen (secondary N) is 1. The SMILES string of the molecule is Cc1nc(CSc2ccccc2)[nH]c(=O)c1CCO. The van der Waals surface area contributed by atoms with Gasteiger partial charge in [-0.15, -0.1) is 11.8 Å². The second kappa shape index (κ2) is 6.54. The number of thioether (sulfide) groups is 1. The molecule has 0 bridgehead atoms. The minimum Gasteiger partial charge on any atom is -0.396 e. The molecule has 0 radical (unpaired) electrons. The molecule has 1 heterocycles. The van der Waals surface area contributed by atoms with E-state index in [4.69, 9.17) is 5.11 Å². The lowest BCUT2D eigenvalue weighted by Crippen LogP contribution is -2.19. The van der Waals surface area contributed by atoms with Gasteiger partial charge < -0.3 is 10.1 Å². The van der Waals surface area contributed by atoms with Crippen molar-refractivity contribution in [2.75, 3.05) is 6.61 Å². The number of aromatic amines is 1. The van der Waals surface area contributed by atoms with Crippen LogP contribution in [0, 0.1) is 6.92 Å². The minimum atomic E-state index is -0.148. The van der Waals surface area contributed by atoms with E-state index in [1.54, 1.807) is 18.7 Å². The molecule has 2 aromatic rings. The summed E-state index contributed by atoms with van der Waals surface area (Å²) in [6, 6.07) is 9.98. The first-order chi connectivity index (χ1) is 9.20. The Bertz CT molecular complexity index is 596. The van der Waals surface area contributed by atoms with Crippen LogP contribution in [0.3, 0.4) is 0 Å². The van der Waals surface area contributed by atoms with Crippen molar-refractivity contribution in [3.8, 4) is 0 Å². The van der Waals surface area contributed by atoms with Gasteiger partial charge in [-0.3, -0.25) is 4.79 Å². The summed E-state index contributed by atoms with van der Waals surface area (Å²) < 4.78 is 0. The Kier molecular flexibility index (Phi) is 4.76. The highest BCUT2D eigenvalue weighted by Crippen LogP contribution is 2.20. The summed E-state index contributed by atoms with van der Waals surface area (Å²) in [5.41, 5.74) is 1.11. The van der Waals surface area contributed by atoms with Gasteiger partial charge >= 0.3 is 0 Å². The van der Waals surface area contributed by atoms with E-state index in [9.17, 15) is 4.79 Å². The Hall–Kier alpha value is -1.59. The number of H-pyrrole nitrogens is 1. The molecular formula is C14H16N2O2S. The van der Waals surface area contributed by atoms with Crippen molar-refractivity contribution in [1.29, 1.82) is 0 Å². The van der Waals surface area contributed by atoms with Crippen molar-refractivity contribution in [3.63, 3.8) is 0 Å². The molecule has 0 unspecified atom stereocenters. The summed E-state index contributed by atoms with van der Waals surface area (Å²) in [5.74, 6) is 1.29. The van der Waals surface area contributed by atoms with Gasteiger partial charge in [-0.2, -0.15) is 0 Å². The van der Waals surface area contributed by atoms with Crippen LogP contribution in [0.5, 0.6) is 0 Å². The van der Waals surface area contributed by atoms with Crippen molar-refractivity contribution < 1.29 is 5.11 Å². The molecule has 0 atom stereocenters. The fourth-order valence-corrected chi connectivity index (χ4v) is 2.60. The Morgan fingerprint density at radius 3 is 2.68 bits per heavy atom. The summed E-state index contributed by atoms with van der Waals surface area (Å²) >= 11 is 1.63. The number of aliphatic hydroxyl groups excluding tert-OH is 1. The number of benzene rings is 1. The molecule has 4 nitrogen and oxygen atoms in total. The molecule has 1 aromatic heterocycles. The number of aryl methyl sites for hydroxylation is 1. The van der Waals surface area contributed by atoms with E-state index in [1.165, 1.54) is 0 Å². The van der Waals surface area contributed by atoms with E-state index in [2.05, 4.69) is 9.97 Å². The maximum absolute atomic E-state index is 11.8. The lowest BCUT2D eigenvalue weighted by atomic mass is 10.2. The molecule has 0 saturated heterocycles. The number of rotatable bonds is 5. The maximum Gasteiger partial charge on any atom is 0.254 e. The Morgan fingerprint density at radius 2 is 2.05 bits per heavy atom. The van der Waals surface area contributed by atoms with Crippen LogP contribution < -0.4 is 5.56 Å². The van der Waals surface area contributed by atoms with Gasteiger partial charge in [0.2, 0.25) is 0 Å². The van der Waals surface area contributed by atoms with Crippen molar-refractivity contribution in [3.05, 3.63) is 57.8 Å². The van der Waals surface area contributed by atoms with E-state index in [0.717, 1.165) is 4.90 Å². The van der Waals surface area contributed by atoms with Gasteiger partial charge in [0.1, 0.15) is 5.82 Å². The molecule has 0 amide bonds. The molecule has 0 spiro atoms. The molecule has 1 aromatic carbocycles. The van der Waals surface area contributed by atoms with E-state index in [1.807, 2.05) is 30.3 Å². The van der Waals surface area contributed by atoms with Gasteiger partial charge in [-0.1, -0.05) is 18.2 Å². The summed E-state index contributed by atoms with van der Waals surface area (Å²) in [6.45, 7) is 1.76. The first kappa shape index (κ1) is 13.8. The number of nitrogens with zero attached hydrogens (tertiary/aromatic N) is 1. The van der Waals surface area contributed by atoms with Crippen LogP contribution in [0.15, 0.2) is 40.0 Å². The second-order valence-corrected chi connectivity index (χ2v) is 5.20. The molecule has 0 aliphatic rings. The van der Waals surface area contributed by atoms with Crippen LogP contribution in [0.25, 0.3) is 0 Å². The van der Waals surface area contributed by atoms with E-state index in [0.29, 0.717) is 29.3 Å². The first-order valence-electron chi connectivity index (χ1n) is 6.08. The fraction of sp³-hybridized carbons (Fsp3) is 0.286. The summed E-state index contributed by atoms with van der Waals surface area (Å²) in [4.78, 5) is 20.1. The first-order valence-corrected chi connectivity index (χ1v) is 7.06. The number of hydrogen-bond donors (Lipinski definition) is 2. The number of aromatic nitrogens is 2. The topological polar surface area (TPSA) is 66.0 Å². The number of aliphatic hydroxyl groups is 1. The zero-order chi connectivity index (χ0) is 13.7. The van der Waals surface area contributed by atoms with Crippen molar-refractivity contribution in [1.82, 2.24) is 9.97 Å². The van der Waals surface area contributed by atoms with Crippen LogP contribution in [-0.4, -0.2) is 21.7 Å². The van der Waals surface area contributed by atoms with Gasteiger partial charge in [0.15, 0.2) is 0 Å². The monoisotopic (exact) mass is 276 g/mol. The average Bonchev–Trinajstić information content (AvgIpc) is 2.42. The van der Waals surface area contributed by atoms with E-state index >= 15 is 0 Å². The van der Waals surface area contributed by atoms with Crippen molar-refractivity contribution in [2.45, 2.75) is 24.0 Å². The van der Waals surface area contributed by atoms with Gasteiger partial charge in [-0.25, -0.2) is 4.98 Å². The minimum absolute atomic E-state index is 0.0380. The summed E-state index contributed by atoms with van der Waals surface area (Å²) in [6.07, 6.45) is 0.347. The van der Waals surface area contributed by atoms with Crippen LogP contribution in [0.2, 0.25) is 0 Å². The highest BCUT2D eigenvalue weighted by atomic mass is 32.2. The molecule has 2 rings (SSSR count). The molecule has 0 saturated carbocycles. The summed E-state index contributed by atoms with van der Waals surface area (Å²) in [5, 5.41) is 8.91. The van der Waals surface area contributed by atoms with Gasteiger partial charge in [0.25, 0.3) is 5.56 Å². The third-order valence-electron chi connectivity index (χ3n) is 2.75. The molecular weight excluding hydrogens is 260 g/mol. The zero-order valence-corrected chi connectivity index (χ0v) is 11.5. The largest absolute Gasteiger partial charge is 0.396 e. The Balaban J connectivity index is 2.12. The van der Waals surface area contributed by atoms with Crippen LogP contribution in [0.4, 0.5) is 0 Å². The highest BCUT2D eigenvalue weighted by molar-refractivity contribution is 7.98. The third kappa shape index (κ3) is 3.68.